The molecule has 0 fully saturated rings. The van der Waals surface area contributed by atoms with E-state index >= 15 is 0 Å². The lowest BCUT2D eigenvalue weighted by molar-refractivity contribution is -0.706. The van der Waals surface area contributed by atoms with Crippen LogP contribution in [0, 0.1) is 11.1 Å². The van der Waals surface area contributed by atoms with Crippen molar-refractivity contribution in [2.24, 2.45) is 11.2 Å². The molecule has 0 aliphatic rings. The van der Waals surface area contributed by atoms with Crippen molar-refractivity contribution in [2.75, 3.05) is 20.4 Å². The van der Waals surface area contributed by atoms with Gasteiger partial charge in [-0.2, -0.15) is 0 Å². The quantitative estimate of drug-likeness (QED) is 0.161. The van der Waals surface area contributed by atoms with Gasteiger partial charge in [-0.25, -0.2) is 4.79 Å². The lowest BCUT2D eigenvalue weighted by atomic mass is 10.1. The maximum absolute atomic E-state index is 11.4. The van der Waals surface area contributed by atoms with Crippen LogP contribution in [-0.4, -0.2) is 53.7 Å². The van der Waals surface area contributed by atoms with Gasteiger partial charge in [0, 0.05) is 0 Å². The molecule has 0 saturated carbocycles. The van der Waals surface area contributed by atoms with E-state index in [4.69, 9.17) is 5.11 Å². The molecule has 10 heteroatoms. The molecule has 0 amide bonds. The number of hydrogen-bond acceptors (Lipinski definition) is 7. The van der Waals surface area contributed by atoms with Gasteiger partial charge >= 0.3 is 12.1 Å². The highest BCUT2D eigenvalue weighted by molar-refractivity contribution is 5.68. The van der Waals surface area contributed by atoms with Crippen LogP contribution in [0.5, 0.6) is 0 Å². The third-order valence-electron chi connectivity index (χ3n) is 2.44. The van der Waals surface area contributed by atoms with Gasteiger partial charge in [0.15, 0.2) is 0 Å². The summed E-state index contributed by atoms with van der Waals surface area (Å²) in [6.07, 6.45) is -1.46. The van der Waals surface area contributed by atoms with Crippen molar-refractivity contribution in [3.8, 4) is 0 Å². The molecule has 0 rings (SSSR count). The minimum atomic E-state index is -1.10. The molecule has 0 aliphatic heterocycles. The number of carbonyl (C=O) groups excluding carboxylic acids is 1. The third kappa shape index (κ3) is 10.5. The largest absolute Gasteiger partial charge is 0.569 e. The lowest BCUT2D eigenvalue weighted by Gasteiger charge is -2.14. The maximum Gasteiger partial charge on any atom is 0.511 e. The molecule has 22 heavy (non-hydrogen) atoms. The molecule has 1 atom stereocenters. The average Bonchev–Trinajstić information content (AvgIpc) is 2.39. The van der Waals surface area contributed by atoms with Gasteiger partial charge in [-0.1, -0.05) is 13.8 Å². The minimum Gasteiger partial charge on any atom is -0.569 e. The van der Waals surface area contributed by atoms with Crippen LogP contribution in [0.25, 0.3) is 0 Å². The van der Waals surface area contributed by atoms with E-state index in [0.717, 1.165) is 6.42 Å². The van der Waals surface area contributed by atoms with Crippen LogP contribution in [0.15, 0.2) is 5.28 Å². The number of aliphatic carboxylic acids is 1. The van der Waals surface area contributed by atoms with Crippen LogP contribution < -0.4 is 0 Å². The molecule has 1 N–H and O–H groups in total. The highest BCUT2D eigenvalue weighted by Crippen LogP contribution is 2.02. The van der Waals surface area contributed by atoms with Crippen molar-refractivity contribution < 1.29 is 34.0 Å². The summed E-state index contributed by atoms with van der Waals surface area (Å²) in [4.78, 5) is 26.3. The second kappa shape index (κ2) is 10.5. The molecule has 0 radical (unpaired) electrons. The Balaban J connectivity index is 3.92. The summed E-state index contributed by atoms with van der Waals surface area (Å²) >= 11 is 0. The number of hydrogen-bond donors (Lipinski definition) is 1. The van der Waals surface area contributed by atoms with E-state index in [0.29, 0.717) is 12.5 Å². The van der Waals surface area contributed by atoms with Gasteiger partial charge < -0.3 is 24.6 Å². The molecular weight excluding hydrogens is 298 g/mol. The van der Waals surface area contributed by atoms with Gasteiger partial charge in [0.05, 0.1) is 25.0 Å². The Morgan fingerprint density at radius 3 is 2.55 bits per heavy atom. The number of rotatable bonds is 10. The van der Waals surface area contributed by atoms with Crippen LogP contribution in [0.1, 0.15) is 33.6 Å². The number of ether oxygens (including phenoxy) is 2. The molecule has 0 aromatic carbocycles. The summed E-state index contributed by atoms with van der Waals surface area (Å²) in [5.74, 6) is -0.652. The minimum absolute atomic E-state index is 0.240. The monoisotopic (exact) mass is 321 g/mol. The van der Waals surface area contributed by atoms with Gasteiger partial charge in [0.1, 0.15) is 6.10 Å². The molecule has 0 bridgehead atoms. The Morgan fingerprint density at radius 2 is 2.00 bits per heavy atom. The SMILES string of the molecule is CC(C)CCN(C)[N+]([O-])=NOCOC(=O)OC(C)CC(=O)O. The van der Waals surface area contributed by atoms with Crippen molar-refractivity contribution in [1.29, 1.82) is 0 Å². The van der Waals surface area contributed by atoms with E-state index in [1.54, 1.807) is 7.05 Å². The van der Waals surface area contributed by atoms with E-state index in [1.165, 1.54) is 11.9 Å². The zero-order chi connectivity index (χ0) is 17.1. The second-order valence-electron chi connectivity index (χ2n) is 5.07. The van der Waals surface area contributed by atoms with Crippen LogP contribution in [-0.2, 0) is 19.1 Å². The van der Waals surface area contributed by atoms with Crippen molar-refractivity contribution in [3.05, 3.63) is 5.21 Å². The predicted molar refractivity (Wildman–Crippen MR) is 73.4 cm³/mol. The number of carbonyl (C=O) groups is 2. The molecule has 0 aromatic heterocycles. The highest BCUT2D eigenvalue weighted by atomic mass is 16.8. The van der Waals surface area contributed by atoms with Crippen LogP contribution in [0.3, 0.4) is 0 Å². The smallest absolute Gasteiger partial charge is 0.511 e. The topological polar surface area (TPSA) is 124 Å². The van der Waals surface area contributed by atoms with Gasteiger partial charge in [0.2, 0.25) is 5.28 Å². The molecule has 0 heterocycles. The molecule has 128 valence electrons. The first-order chi connectivity index (χ1) is 10.2. The number of hydrazine groups is 1. The van der Waals surface area contributed by atoms with Crippen molar-refractivity contribution >= 4 is 12.1 Å². The van der Waals surface area contributed by atoms with E-state index in [1.807, 2.05) is 13.8 Å². The summed E-state index contributed by atoms with van der Waals surface area (Å²) in [6, 6.07) is 0. The fourth-order valence-electron chi connectivity index (χ4n) is 1.23. The van der Waals surface area contributed by atoms with Crippen molar-refractivity contribution in [2.45, 2.75) is 39.7 Å². The Bertz CT molecular complexity index is 387. The number of nitrogens with zero attached hydrogens (tertiary/aromatic N) is 3. The van der Waals surface area contributed by atoms with Gasteiger partial charge in [0.25, 0.3) is 6.79 Å². The first-order valence-corrected chi connectivity index (χ1v) is 6.78. The molecule has 10 nitrogen and oxygen atoms in total. The third-order valence-corrected chi connectivity index (χ3v) is 2.44. The first-order valence-electron chi connectivity index (χ1n) is 6.78. The Morgan fingerprint density at radius 1 is 1.36 bits per heavy atom. The molecular formula is C12H23N3O7. The summed E-state index contributed by atoms with van der Waals surface area (Å²) in [5.41, 5.74) is 0. The highest BCUT2D eigenvalue weighted by Gasteiger charge is 2.14. The maximum atomic E-state index is 11.4. The normalized spacial score (nSPS) is 12.7. The molecule has 0 spiro atoms. The Kier molecular flexibility index (Phi) is 9.39. The van der Waals surface area contributed by atoms with Gasteiger partial charge in [-0.3, -0.25) is 4.79 Å². The second-order valence-corrected chi connectivity index (χ2v) is 5.07. The summed E-state index contributed by atoms with van der Waals surface area (Å²) < 4.78 is 9.08. The Hall–Kier alpha value is -2.26. The van der Waals surface area contributed by atoms with Crippen molar-refractivity contribution in [3.63, 3.8) is 0 Å². The van der Waals surface area contributed by atoms with Gasteiger partial charge in [-0.05, 0) is 19.3 Å². The zero-order valence-electron chi connectivity index (χ0n) is 13.2. The van der Waals surface area contributed by atoms with E-state index in [-0.39, 0.29) is 11.4 Å². The molecule has 1 unspecified atom stereocenters. The first kappa shape index (κ1) is 19.7. The fraction of sp³-hybridized carbons (Fsp3) is 0.833. The van der Waals surface area contributed by atoms with Gasteiger partial charge in [-0.15, -0.1) is 5.01 Å². The fourth-order valence-corrected chi connectivity index (χ4v) is 1.23. The molecule has 0 saturated heterocycles. The molecule has 0 aliphatic carbocycles. The van der Waals surface area contributed by atoms with E-state index in [2.05, 4.69) is 19.6 Å². The zero-order valence-corrected chi connectivity index (χ0v) is 13.2. The number of carboxylic acid groups (broad SMARTS) is 1. The predicted octanol–water partition coefficient (Wildman–Crippen LogP) is 1.75. The Labute approximate surface area is 128 Å². The summed E-state index contributed by atoms with van der Waals surface area (Å²) in [7, 11) is 1.55. The van der Waals surface area contributed by atoms with Crippen molar-refractivity contribution in [1.82, 2.24) is 5.01 Å². The van der Waals surface area contributed by atoms with Crippen LogP contribution in [0.2, 0.25) is 0 Å². The van der Waals surface area contributed by atoms with Crippen LogP contribution in [0.4, 0.5) is 4.79 Å². The summed E-state index contributed by atoms with van der Waals surface area (Å²) in [5, 5.41) is 24.4. The average molecular weight is 321 g/mol. The standard InChI is InChI=1S/C12H23N3O7/c1-9(2)5-6-14(4)15(19)13-21-8-20-12(18)22-10(3)7-11(16)17/h9-10H,5-8H2,1-4H3,(H,16,17). The van der Waals surface area contributed by atoms with E-state index in [9.17, 15) is 14.8 Å². The number of carboxylic acids is 1. The lowest BCUT2D eigenvalue weighted by Crippen LogP contribution is -2.28. The summed E-state index contributed by atoms with van der Waals surface area (Å²) in [6.45, 7) is 5.35. The van der Waals surface area contributed by atoms with Crippen LogP contribution >= 0.6 is 0 Å². The molecule has 0 aromatic rings. The van der Waals surface area contributed by atoms with E-state index < -0.39 is 25.0 Å².